The van der Waals surface area contributed by atoms with Gasteiger partial charge in [0.25, 0.3) is 0 Å². The summed E-state index contributed by atoms with van der Waals surface area (Å²) >= 11 is 0. The van der Waals surface area contributed by atoms with E-state index in [0.717, 1.165) is 18.5 Å². The molecule has 0 aromatic carbocycles. The number of unbranched alkanes of at least 4 members (excludes halogenated alkanes) is 4. The first-order valence-corrected chi connectivity index (χ1v) is 6.60. The van der Waals surface area contributed by atoms with Gasteiger partial charge in [0.1, 0.15) is 0 Å². The zero-order valence-corrected chi connectivity index (χ0v) is 10.4. The Morgan fingerprint density at radius 2 is 1.93 bits per heavy atom. The maximum atomic E-state index is 8.83. The second kappa shape index (κ2) is 7.24. The van der Waals surface area contributed by atoms with Crippen LogP contribution in [-0.2, 0) is 0 Å². The molecule has 1 saturated carbocycles. The third kappa shape index (κ3) is 4.98. The molecule has 1 aliphatic carbocycles. The van der Waals surface area contributed by atoms with Gasteiger partial charge in [0.2, 0.25) is 0 Å². The van der Waals surface area contributed by atoms with Gasteiger partial charge in [-0.25, -0.2) is 0 Å². The van der Waals surface area contributed by atoms with Gasteiger partial charge in [0.15, 0.2) is 0 Å². The lowest BCUT2D eigenvalue weighted by Crippen LogP contribution is -2.25. The molecule has 15 heavy (non-hydrogen) atoms. The van der Waals surface area contributed by atoms with E-state index < -0.39 is 0 Å². The zero-order valence-electron chi connectivity index (χ0n) is 10.4. The van der Waals surface area contributed by atoms with E-state index in [1.54, 1.807) is 0 Å². The van der Waals surface area contributed by atoms with E-state index in [0.29, 0.717) is 6.61 Å². The van der Waals surface area contributed by atoms with Crippen LogP contribution in [0.25, 0.3) is 0 Å². The van der Waals surface area contributed by atoms with E-state index in [1.807, 2.05) is 0 Å². The Labute approximate surface area is 94.7 Å². The Morgan fingerprint density at radius 1 is 1.20 bits per heavy atom. The minimum Gasteiger partial charge on any atom is -0.395 e. The fourth-order valence-corrected chi connectivity index (χ4v) is 2.42. The fourth-order valence-electron chi connectivity index (χ4n) is 2.42. The summed E-state index contributed by atoms with van der Waals surface area (Å²) in [7, 11) is 2.14. The summed E-state index contributed by atoms with van der Waals surface area (Å²) in [6.45, 7) is 3.41. The SMILES string of the molecule is CCCCCCCC1CC1N(C)CCO. The van der Waals surface area contributed by atoms with Gasteiger partial charge >= 0.3 is 0 Å². The summed E-state index contributed by atoms with van der Waals surface area (Å²) in [6.07, 6.45) is 9.76. The van der Waals surface area contributed by atoms with Gasteiger partial charge in [-0.1, -0.05) is 39.0 Å². The van der Waals surface area contributed by atoms with Gasteiger partial charge in [-0.05, 0) is 25.8 Å². The first-order chi connectivity index (χ1) is 7.29. The highest BCUT2D eigenvalue weighted by Gasteiger charge is 2.38. The average molecular weight is 213 g/mol. The molecule has 0 aliphatic heterocycles. The first kappa shape index (κ1) is 13.0. The zero-order chi connectivity index (χ0) is 11.1. The van der Waals surface area contributed by atoms with E-state index in [9.17, 15) is 0 Å². The van der Waals surface area contributed by atoms with Crippen LogP contribution in [0.2, 0.25) is 0 Å². The van der Waals surface area contributed by atoms with Crippen molar-refractivity contribution in [2.75, 3.05) is 20.2 Å². The van der Waals surface area contributed by atoms with Gasteiger partial charge in [-0.2, -0.15) is 0 Å². The molecule has 1 rings (SSSR count). The van der Waals surface area contributed by atoms with Crippen LogP contribution in [0.5, 0.6) is 0 Å². The maximum Gasteiger partial charge on any atom is 0.0558 e. The summed E-state index contributed by atoms with van der Waals surface area (Å²) in [4.78, 5) is 2.32. The highest BCUT2D eigenvalue weighted by molar-refractivity contribution is 4.93. The second-order valence-electron chi connectivity index (χ2n) is 4.97. The molecule has 0 aromatic heterocycles. The van der Waals surface area contributed by atoms with Crippen molar-refractivity contribution >= 4 is 0 Å². The van der Waals surface area contributed by atoms with E-state index in [-0.39, 0.29) is 0 Å². The molecule has 0 aromatic rings. The summed E-state index contributed by atoms with van der Waals surface area (Å²) in [6, 6.07) is 0.781. The number of hydrogen-bond donors (Lipinski definition) is 1. The second-order valence-corrected chi connectivity index (χ2v) is 4.97. The van der Waals surface area contributed by atoms with Crippen LogP contribution in [0, 0.1) is 5.92 Å². The predicted octanol–water partition coefficient (Wildman–Crippen LogP) is 2.66. The van der Waals surface area contributed by atoms with Gasteiger partial charge in [-0.15, -0.1) is 0 Å². The smallest absolute Gasteiger partial charge is 0.0558 e. The Kier molecular flexibility index (Phi) is 6.26. The number of nitrogens with zero attached hydrogens (tertiary/aromatic N) is 1. The van der Waals surface area contributed by atoms with Crippen molar-refractivity contribution < 1.29 is 5.11 Å². The van der Waals surface area contributed by atoms with E-state index in [4.69, 9.17) is 5.11 Å². The molecular weight excluding hydrogens is 186 g/mol. The highest BCUT2D eigenvalue weighted by Crippen LogP contribution is 2.38. The van der Waals surface area contributed by atoms with Crippen molar-refractivity contribution in [1.82, 2.24) is 4.90 Å². The van der Waals surface area contributed by atoms with Crippen molar-refractivity contribution in [2.24, 2.45) is 5.92 Å². The molecule has 0 saturated heterocycles. The molecule has 2 unspecified atom stereocenters. The maximum absolute atomic E-state index is 8.83. The number of aliphatic hydroxyl groups is 1. The van der Waals surface area contributed by atoms with Crippen LogP contribution in [0.3, 0.4) is 0 Å². The molecule has 0 amide bonds. The molecule has 0 spiro atoms. The first-order valence-electron chi connectivity index (χ1n) is 6.60. The molecule has 0 radical (unpaired) electrons. The minimum absolute atomic E-state index is 0.302. The minimum atomic E-state index is 0.302. The largest absolute Gasteiger partial charge is 0.395 e. The molecule has 2 nitrogen and oxygen atoms in total. The van der Waals surface area contributed by atoms with Crippen molar-refractivity contribution in [3.8, 4) is 0 Å². The summed E-state index contributed by atoms with van der Waals surface area (Å²) < 4.78 is 0. The number of likely N-dealkylation sites (N-methyl/N-ethyl adjacent to an activating group) is 1. The average Bonchev–Trinajstić information content (AvgIpc) is 2.97. The van der Waals surface area contributed by atoms with Crippen LogP contribution >= 0.6 is 0 Å². The lowest BCUT2D eigenvalue weighted by atomic mass is 10.1. The number of aliphatic hydroxyl groups excluding tert-OH is 1. The molecule has 1 fully saturated rings. The summed E-state index contributed by atoms with van der Waals surface area (Å²) in [5.74, 6) is 0.933. The molecule has 2 heteroatoms. The van der Waals surface area contributed by atoms with Gasteiger partial charge in [-0.3, -0.25) is 0 Å². The Balaban J connectivity index is 1.92. The molecule has 90 valence electrons. The molecule has 2 atom stereocenters. The third-order valence-electron chi connectivity index (χ3n) is 3.58. The summed E-state index contributed by atoms with van der Waals surface area (Å²) in [5, 5.41) is 8.83. The van der Waals surface area contributed by atoms with Crippen molar-refractivity contribution in [3.05, 3.63) is 0 Å². The lowest BCUT2D eigenvalue weighted by molar-refractivity contribution is 0.210. The monoisotopic (exact) mass is 213 g/mol. The Morgan fingerprint density at radius 3 is 2.60 bits per heavy atom. The van der Waals surface area contributed by atoms with Gasteiger partial charge < -0.3 is 10.0 Å². The Hall–Kier alpha value is -0.0800. The molecule has 1 aliphatic rings. The van der Waals surface area contributed by atoms with E-state index in [1.165, 1.54) is 44.9 Å². The number of rotatable bonds is 9. The van der Waals surface area contributed by atoms with Crippen LogP contribution in [0.1, 0.15) is 51.9 Å². The quantitative estimate of drug-likeness (QED) is 0.595. The predicted molar refractivity (Wildman–Crippen MR) is 65.0 cm³/mol. The summed E-state index contributed by atoms with van der Waals surface area (Å²) in [5.41, 5.74) is 0. The molecule has 1 N–H and O–H groups in total. The normalized spacial score (nSPS) is 24.8. The van der Waals surface area contributed by atoms with Crippen molar-refractivity contribution in [1.29, 1.82) is 0 Å². The van der Waals surface area contributed by atoms with E-state index in [2.05, 4.69) is 18.9 Å². The molecule has 0 bridgehead atoms. The third-order valence-corrected chi connectivity index (χ3v) is 3.58. The Bertz CT molecular complexity index is 161. The highest BCUT2D eigenvalue weighted by atomic mass is 16.3. The molecular formula is C13H27NO. The lowest BCUT2D eigenvalue weighted by Gasteiger charge is -2.14. The van der Waals surface area contributed by atoms with E-state index >= 15 is 0 Å². The van der Waals surface area contributed by atoms with Crippen LogP contribution < -0.4 is 0 Å². The number of hydrogen-bond acceptors (Lipinski definition) is 2. The van der Waals surface area contributed by atoms with Gasteiger partial charge in [0, 0.05) is 12.6 Å². The van der Waals surface area contributed by atoms with Crippen LogP contribution in [0.15, 0.2) is 0 Å². The van der Waals surface area contributed by atoms with Gasteiger partial charge in [0.05, 0.1) is 6.61 Å². The standard InChI is InChI=1S/C13H27NO/c1-3-4-5-6-7-8-12-11-13(12)14(2)9-10-15/h12-13,15H,3-11H2,1-2H3. The van der Waals surface area contributed by atoms with Crippen molar-refractivity contribution in [2.45, 2.75) is 57.9 Å². The van der Waals surface area contributed by atoms with Crippen LogP contribution in [-0.4, -0.2) is 36.2 Å². The molecule has 0 heterocycles. The van der Waals surface area contributed by atoms with Crippen molar-refractivity contribution in [3.63, 3.8) is 0 Å². The topological polar surface area (TPSA) is 23.5 Å². The van der Waals surface area contributed by atoms with Crippen LogP contribution in [0.4, 0.5) is 0 Å². The fraction of sp³-hybridized carbons (Fsp3) is 1.00.